The maximum absolute atomic E-state index is 12.0. The molecule has 8 heteroatoms. The summed E-state index contributed by atoms with van der Waals surface area (Å²) < 4.78 is 26.2. The summed E-state index contributed by atoms with van der Waals surface area (Å²) in [5, 5.41) is 12.2. The van der Waals surface area contributed by atoms with Crippen molar-refractivity contribution in [1.29, 1.82) is 0 Å². The lowest BCUT2D eigenvalue weighted by Gasteiger charge is -2.28. The summed E-state index contributed by atoms with van der Waals surface area (Å²) in [4.78, 5) is 12.0. The van der Waals surface area contributed by atoms with Gasteiger partial charge < -0.3 is 34.1 Å². The van der Waals surface area contributed by atoms with E-state index in [4.69, 9.17) is 23.7 Å². The number of methoxy groups -OCH3 is 2. The maximum Gasteiger partial charge on any atom is 0.408 e. The number of nitrogens with one attached hydrogen (secondary N) is 1. The third-order valence-corrected chi connectivity index (χ3v) is 3.04. The summed E-state index contributed by atoms with van der Waals surface area (Å²) in [5.41, 5.74) is -0.0428. The van der Waals surface area contributed by atoms with Gasteiger partial charge in [-0.05, 0) is 32.4 Å². The summed E-state index contributed by atoms with van der Waals surface area (Å²) in [6.45, 7) is 5.16. The highest BCUT2D eigenvalue weighted by molar-refractivity contribution is 5.69. The van der Waals surface area contributed by atoms with Crippen LogP contribution in [0.4, 0.5) is 4.79 Å². The number of carbonyl (C=O) groups is 1. The molecule has 0 aliphatic heterocycles. The van der Waals surface area contributed by atoms with Crippen LogP contribution < -0.4 is 5.32 Å². The van der Waals surface area contributed by atoms with E-state index < -0.39 is 29.9 Å². The molecule has 0 saturated carbocycles. The van der Waals surface area contributed by atoms with Crippen LogP contribution in [0.5, 0.6) is 0 Å². The molecule has 1 amide bonds. The molecule has 0 aromatic rings. The molecule has 23 heavy (non-hydrogen) atoms. The fourth-order valence-corrected chi connectivity index (χ4v) is 2.20. The molecule has 3 atom stereocenters. The Bertz CT molecular complexity index is 405. The molecule has 134 valence electrons. The second-order valence-electron chi connectivity index (χ2n) is 6.10. The molecule has 0 bridgehead atoms. The molecule has 0 spiro atoms. The molecule has 0 radical (unpaired) electrons. The molecule has 0 heterocycles. The number of alkyl carbamates (subject to hydrolysis) is 1. The first-order valence-electron chi connectivity index (χ1n) is 7.34. The van der Waals surface area contributed by atoms with Crippen LogP contribution in [0.2, 0.25) is 0 Å². The van der Waals surface area contributed by atoms with Crippen LogP contribution in [0.25, 0.3) is 0 Å². The molecule has 8 nitrogen and oxygen atoms in total. The second-order valence-corrected chi connectivity index (χ2v) is 6.10. The summed E-state index contributed by atoms with van der Waals surface area (Å²) in [6, 6.07) is -0.577. The monoisotopic (exact) mass is 333 g/mol. The fourth-order valence-electron chi connectivity index (χ4n) is 2.20. The molecule has 0 aromatic heterocycles. The molecule has 2 N–H and O–H groups in total. The lowest BCUT2D eigenvalue weighted by Crippen LogP contribution is -2.49. The van der Waals surface area contributed by atoms with Crippen molar-refractivity contribution < 1.29 is 33.6 Å². The van der Waals surface area contributed by atoms with Gasteiger partial charge in [-0.15, -0.1) is 0 Å². The van der Waals surface area contributed by atoms with Crippen LogP contribution in [0.15, 0.2) is 11.6 Å². The third kappa shape index (κ3) is 6.44. The average molecular weight is 333 g/mol. The molecule has 1 aliphatic carbocycles. The predicted octanol–water partition coefficient (Wildman–Crippen LogP) is 0.790. The first kappa shape index (κ1) is 19.9. The van der Waals surface area contributed by atoms with Gasteiger partial charge in [-0.2, -0.15) is 0 Å². The van der Waals surface area contributed by atoms with E-state index in [0.717, 1.165) is 0 Å². The minimum Gasteiger partial charge on any atom is -0.444 e. The van der Waals surface area contributed by atoms with Crippen LogP contribution in [-0.4, -0.2) is 69.5 Å². The zero-order valence-electron chi connectivity index (χ0n) is 14.3. The second kappa shape index (κ2) is 9.19. The minimum absolute atomic E-state index is 0.0244. The van der Waals surface area contributed by atoms with Gasteiger partial charge in [0.15, 0.2) is 0 Å². The Morgan fingerprint density at radius 1 is 1.22 bits per heavy atom. The summed E-state index contributed by atoms with van der Waals surface area (Å²) in [7, 11) is 3.00. The molecule has 0 saturated heterocycles. The number of carbonyl (C=O) groups excluding carboxylic acids is 1. The Morgan fingerprint density at radius 3 is 2.35 bits per heavy atom. The highest BCUT2D eigenvalue weighted by Crippen LogP contribution is 2.26. The molecule has 0 unspecified atom stereocenters. The first-order valence-corrected chi connectivity index (χ1v) is 7.34. The fraction of sp³-hybridized carbons (Fsp3) is 0.800. The highest BCUT2D eigenvalue weighted by Gasteiger charge is 2.40. The van der Waals surface area contributed by atoms with Crippen molar-refractivity contribution in [3.05, 3.63) is 11.6 Å². The van der Waals surface area contributed by atoms with E-state index in [1.54, 1.807) is 26.8 Å². The van der Waals surface area contributed by atoms with E-state index in [1.807, 2.05) is 0 Å². The number of rotatable bonds is 8. The number of hydrogen-bond donors (Lipinski definition) is 2. The predicted molar refractivity (Wildman–Crippen MR) is 81.8 cm³/mol. The Kier molecular flexibility index (Phi) is 7.93. The van der Waals surface area contributed by atoms with Gasteiger partial charge >= 0.3 is 6.09 Å². The van der Waals surface area contributed by atoms with Gasteiger partial charge in [0, 0.05) is 14.2 Å². The minimum atomic E-state index is -0.624. The lowest BCUT2D eigenvalue weighted by molar-refractivity contribution is -0.143. The van der Waals surface area contributed by atoms with Crippen molar-refractivity contribution in [2.75, 3.05) is 34.4 Å². The summed E-state index contributed by atoms with van der Waals surface area (Å²) >= 11 is 0. The molecular formula is C15H27NO7. The van der Waals surface area contributed by atoms with E-state index in [0.29, 0.717) is 5.57 Å². The quantitative estimate of drug-likeness (QED) is 0.501. The third-order valence-electron chi connectivity index (χ3n) is 3.04. The molecule has 1 aliphatic rings. The van der Waals surface area contributed by atoms with Crippen molar-refractivity contribution >= 4 is 6.09 Å². The zero-order chi connectivity index (χ0) is 17.5. The Labute approximate surface area is 136 Å². The Hall–Kier alpha value is -1.19. The van der Waals surface area contributed by atoms with Crippen LogP contribution in [0.3, 0.4) is 0 Å². The van der Waals surface area contributed by atoms with E-state index in [1.165, 1.54) is 14.2 Å². The van der Waals surface area contributed by atoms with Crippen LogP contribution in [0, 0.1) is 0 Å². The van der Waals surface area contributed by atoms with Gasteiger partial charge in [-0.1, -0.05) is 0 Å². The maximum atomic E-state index is 12.0. The van der Waals surface area contributed by atoms with Gasteiger partial charge in [0.1, 0.15) is 31.4 Å². The topological polar surface area (TPSA) is 95.5 Å². The normalized spacial score (nSPS) is 24.4. The van der Waals surface area contributed by atoms with Gasteiger partial charge in [0.2, 0.25) is 0 Å². The summed E-state index contributed by atoms with van der Waals surface area (Å²) in [5.74, 6) is 0. The Morgan fingerprint density at radius 2 is 1.83 bits per heavy atom. The number of aliphatic hydroxyl groups excluding tert-OH is 1. The lowest BCUT2D eigenvalue weighted by atomic mass is 10.1. The van der Waals surface area contributed by atoms with E-state index in [2.05, 4.69) is 5.32 Å². The SMILES string of the molecule is COCO[C@@H]1[C@@H](OCOC)C=C(CO)[C@@H]1NC(=O)OC(C)(C)C. The standard InChI is InChI=1S/C15H27NO7/c1-15(2,3)23-14(18)16-12-10(7-17)6-11(21-8-19-4)13(12)22-9-20-5/h6,11-13,17H,7-9H2,1-5H3,(H,16,18)/t11-,12-,13+/m0/s1. The Balaban J connectivity index is 2.81. The van der Waals surface area contributed by atoms with E-state index >= 15 is 0 Å². The molecule has 0 aromatic carbocycles. The van der Waals surface area contributed by atoms with E-state index in [-0.39, 0.29) is 20.2 Å². The van der Waals surface area contributed by atoms with Crippen molar-refractivity contribution in [2.24, 2.45) is 0 Å². The van der Waals surface area contributed by atoms with Crippen molar-refractivity contribution in [2.45, 2.75) is 44.6 Å². The highest BCUT2D eigenvalue weighted by atomic mass is 16.7. The number of ether oxygens (including phenoxy) is 5. The number of amides is 1. The number of hydrogen-bond acceptors (Lipinski definition) is 7. The first-order chi connectivity index (χ1) is 10.8. The molecular weight excluding hydrogens is 306 g/mol. The van der Waals surface area contributed by atoms with Crippen LogP contribution >= 0.6 is 0 Å². The zero-order valence-corrected chi connectivity index (χ0v) is 14.3. The number of aliphatic hydroxyl groups is 1. The van der Waals surface area contributed by atoms with Crippen molar-refractivity contribution in [3.8, 4) is 0 Å². The largest absolute Gasteiger partial charge is 0.444 e. The van der Waals surface area contributed by atoms with Crippen molar-refractivity contribution in [3.63, 3.8) is 0 Å². The average Bonchev–Trinajstić information content (AvgIpc) is 2.77. The smallest absolute Gasteiger partial charge is 0.408 e. The van der Waals surface area contributed by atoms with Crippen molar-refractivity contribution in [1.82, 2.24) is 5.32 Å². The van der Waals surface area contributed by atoms with Gasteiger partial charge in [0.05, 0.1) is 12.6 Å². The van der Waals surface area contributed by atoms with Gasteiger partial charge in [-0.3, -0.25) is 0 Å². The van der Waals surface area contributed by atoms with Gasteiger partial charge in [0.25, 0.3) is 0 Å². The van der Waals surface area contributed by atoms with Gasteiger partial charge in [-0.25, -0.2) is 4.79 Å². The molecule has 0 fully saturated rings. The van der Waals surface area contributed by atoms with Crippen LogP contribution in [0.1, 0.15) is 20.8 Å². The molecule has 1 rings (SSSR count). The summed E-state index contributed by atoms with van der Waals surface area (Å²) in [6.07, 6.45) is 0.0775. The van der Waals surface area contributed by atoms with E-state index in [9.17, 15) is 9.90 Å². The van der Waals surface area contributed by atoms with Crippen LogP contribution in [-0.2, 0) is 23.7 Å².